The Hall–Kier alpha value is -4.50. The van der Waals surface area contributed by atoms with Crippen LogP contribution in [0.25, 0.3) is 39.2 Å². The lowest BCUT2D eigenvalue weighted by molar-refractivity contribution is 0.254. The molecule has 1 N–H and O–H groups in total. The van der Waals surface area contributed by atoms with Crippen LogP contribution in [0.2, 0.25) is 0 Å². The Morgan fingerprint density at radius 3 is 2.74 bits per heavy atom. The van der Waals surface area contributed by atoms with E-state index >= 15 is 4.39 Å². The lowest BCUT2D eigenvalue weighted by Gasteiger charge is -2.35. The van der Waals surface area contributed by atoms with Crippen molar-refractivity contribution >= 4 is 22.5 Å². The van der Waals surface area contributed by atoms with Crippen molar-refractivity contribution in [2.75, 3.05) is 25.0 Å². The second kappa shape index (κ2) is 9.11. The highest BCUT2D eigenvalue weighted by Crippen LogP contribution is 2.38. The second-order valence-corrected chi connectivity index (χ2v) is 9.32. The summed E-state index contributed by atoms with van der Waals surface area (Å²) in [4.78, 5) is 11.1. The van der Waals surface area contributed by atoms with E-state index in [1.165, 1.54) is 22.9 Å². The number of fused-ring (bicyclic) bond motifs is 2. The highest BCUT2D eigenvalue weighted by Gasteiger charge is 2.30. The number of alkyl halides is 1. The molecule has 6 rings (SSSR count). The molecular formula is C26H22F3N9. The second-order valence-electron chi connectivity index (χ2n) is 9.32. The van der Waals surface area contributed by atoms with E-state index < -0.39 is 17.8 Å². The fourth-order valence-corrected chi connectivity index (χ4v) is 5.05. The summed E-state index contributed by atoms with van der Waals surface area (Å²) in [6, 6.07) is 8.75. The highest BCUT2D eigenvalue weighted by atomic mass is 19.1. The standard InChI is InChI=1S/C26H22F3N9/c1-31-17-8-16(27)12-37(13-17)25-26-33-23(14-3-4-15(11-30)19(28)7-14)24(38(26)6-5-32-25)18-9-21-22(10-20(18)29)36(2)35-34-21/h3-7,9-10,16-17,31H,8,12-13H2,1-2H3/t16-,17+/m0/s1. The molecule has 0 spiro atoms. The predicted octanol–water partition coefficient (Wildman–Crippen LogP) is 3.63. The summed E-state index contributed by atoms with van der Waals surface area (Å²) in [6.07, 6.45) is 2.50. The van der Waals surface area contributed by atoms with Gasteiger partial charge in [-0.15, -0.1) is 5.10 Å². The van der Waals surface area contributed by atoms with Crippen LogP contribution in [0.5, 0.6) is 0 Å². The number of anilines is 1. The molecule has 1 aliphatic heterocycles. The molecule has 2 atom stereocenters. The predicted molar refractivity (Wildman–Crippen MR) is 135 cm³/mol. The van der Waals surface area contributed by atoms with Crippen LogP contribution in [0.15, 0.2) is 42.7 Å². The van der Waals surface area contributed by atoms with Crippen LogP contribution in [0.1, 0.15) is 12.0 Å². The number of nitrogens with zero attached hydrogens (tertiary/aromatic N) is 8. The molecule has 1 fully saturated rings. The summed E-state index contributed by atoms with van der Waals surface area (Å²) >= 11 is 0. The van der Waals surface area contributed by atoms with Crippen molar-refractivity contribution in [3.8, 4) is 28.6 Å². The van der Waals surface area contributed by atoms with Crippen molar-refractivity contribution in [3.05, 3.63) is 59.9 Å². The molecule has 38 heavy (non-hydrogen) atoms. The molecule has 0 amide bonds. The third-order valence-corrected chi connectivity index (χ3v) is 6.95. The van der Waals surface area contributed by atoms with Gasteiger partial charge >= 0.3 is 0 Å². The SMILES string of the molecule is CN[C@@H]1C[C@H](F)CN(c2nccn3c(-c4cc5nnn(C)c5cc4F)c(-c4ccc(C#N)c(F)c4)nc23)C1. The summed E-state index contributed by atoms with van der Waals surface area (Å²) < 4.78 is 48.1. The van der Waals surface area contributed by atoms with Crippen LogP contribution < -0.4 is 10.2 Å². The molecule has 0 saturated carbocycles. The fraction of sp³-hybridized carbons (Fsp3) is 0.269. The largest absolute Gasteiger partial charge is 0.349 e. The molecule has 0 radical (unpaired) electrons. The number of nitrogens with one attached hydrogen (secondary N) is 1. The minimum absolute atomic E-state index is 0.0844. The van der Waals surface area contributed by atoms with Crippen LogP contribution in [0, 0.1) is 23.0 Å². The number of piperidine rings is 1. The molecule has 3 aromatic heterocycles. The molecule has 0 bridgehead atoms. The Morgan fingerprint density at radius 1 is 1.13 bits per heavy atom. The maximum atomic E-state index is 15.7. The number of imidazole rings is 1. The third kappa shape index (κ3) is 3.83. The minimum atomic E-state index is -1.07. The molecule has 0 aliphatic carbocycles. The van der Waals surface area contributed by atoms with Gasteiger partial charge in [0.25, 0.3) is 0 Å². The smallest absolute Gasteiger partial charge is 0.181 e. The van der Waals surface area contributed by atoms with Gasteiger partial charge in [-0.2, -0.15) is 5.26 Å². The van der Waals surface area contributed by atoms with Crippen LogP contribution in [-0.4, -0.2) is 61.7 Å². The van der Waals surface area contributed by atoms with Crippen molar-refractivity contribution in [1.82, 2.24) is 34.7 Å². The van der Waals surface area contributed by atoms with Crippen molar-refractivity contribution in [3.63, 3.8) is 0 Å². The first kappa shape index (κ1) is 23.9. The summed E-state index contributed by atoms with van der Waals surface area (Å²) in [5.74, 6) is -0.836. The van der Waals surface area contributed by atoms with E-state index in [1.807, 2.05) is 11.0 Å². The van der Waals surface area contributed by atoms with Gasteiger partial charge in [0.05, 0.1) is 29.0 Å². The Morgan fingerprint density at radius 2 is 1.97 bits per heavy atom. The molecule has 192 valence electrons. The lowest BCUT2D eigenvalue weighted by atomic mass is 10.0. The van der Waals surface area contributed by atoms with Crippen LogP contribution in [0.3, 0.4) is 0 Å². The van der Waals surface area contributed by atoms with Gasteiger partial charge in [0.15, 0.2) is 11.5 Å². The van der Waals surface area contributed by atoms with E-state index in [-0.39, 0.29) is 29.4 Å². The lowest BCUT2D eigenvalue weighted by Crippen LogP contribution is -2.49. The first-order valence-electron chi connectivity index (χ1n) is 12.0. The Balaban J connectivity index is 1.62. The quantitative estimate of drug-likeness (QED) is 0.389. The highest BCUT2D eigenvalue weighted by molar-refractivity contribution is 5.89. The zero-order valence-corrected chi connectivity index (χ0v) is 20.5. The Bertz CT molecular complexity index is 1740. The van der Waals surface area contributed by atoms with Crippen molar-refractivity contribution in [2.45, 2.75) is 18.6 Å². The first-order chi connectivity index (χ1) is 18.4. The molecule has 1 aliphatic rings. The number of halogens is 3. The van der Waals surface area contributed by atoms with E-state index in [4.69, 9.17) is 4.98 Å². The summed E-state index contributed by atoms with van der Waals surface area (Å²) in [7, 11) is 3.45. The van der Waals surface area contributed by atoms with Gasteiger partial charge in [0.2, 0.25) is 0 Å². The minimum Gasteiger partial charge on any atom is -0.349 e. The van der Waals surface area contributed by atoms with Crippen molar-refractivity contribution < 1.29 is 13.2 Å². The van der Waals surface area contributed by atoms with Gasteiger partial charge < -0.3 is 10.2 Å². The number of aromatic nitrogens is 6. The average Bonchev–Trinajstić information content (AvgIpc) is 3.47. The van der Waals surface area contributed by atoms with E-state index in [0.717, 1.165) is 0 Å². The molecule has 1 saturated heterocycles. The number of aryl methyl sites for hydroxylation is 1. The molecule has 9 nitrogen and oxygen atoms in total. The van der Waals surface area contributed by atoms with E-state index in [0.29, 0.717) is 46.7 Å². The Labute approximate surface area is 215 Å². The van der Waals surface area contributed by atoms with Crippen molar-refractivity contribution in [1.29, 1.82) is 5.26 Å². The summed E-state index contributed by atoms with van der Waals surface area (Å²) in [5.41, 5.74) is 2.38. The number of benzene rings is 2. The number of hydrogen-bond donors (Lipinski definition) is 1. The summed E-state index contributed by atoms with van der Waals surface area (Å²) in [6.45, 7) is 0.639. The first-order valence-corrected chi connectivity index (χ1v) is 12.0. The summed E-state index contributed by atoms with van der Waals surface area (Å²) in [5, 5.41) is 20.4. The van der Waals surface area contributed by atoms with Gasteiger partial charge in [0.1, 0.15) is 29.4 Å². The van der Waals surface area contributed by atoms with E-state index in [9.17, 15) is 14.0 Å². The maximum Gasteiger partial charge on any atom is 0.181 e. The van der Waals surface area contributed by atoms with Crippen LogP contribution in [0.4, 0.5) is 19.0 Å². The number of likely N-dealkylation sites (N-methyl/N-ethyl adjacent to an activating group) is 1. The van der Waals surface area contributed by atoms with Crippen LogP contribution in [-0.2, 0) is 7.05 Å². The fourth-order valence-electron chi connectivity index (χ4n) is 5.05. The van der Waals surface area contributed by atoms with E-state index in [2.05, 4.69) is 20.6 Å². The molecule has 5 aromatic rings. The molecule has 2 aromatic carbocycles. The number of nitriles is 1. The number of rotatable bonds is 4. The number of hydrogen-bond acceptors (Lipinski definition) is 7. The van der Waals surface area contributed by atoms with Gasteiger partial charge in [-0.1, -0.05) is 11.3 Å². The van der Waals surface area contributed by atoms with Gasteiger partial charge in [-0.05, 0) is 31.7 Å². The Kier molecular flexibility index (Phi) is 5.72. The third-order valence-electron chi connectivity index (χ3n) is 6.95. The van der Waals surface area contributed by atoms with Gasteiger partial charge in [0, 0.05) is 49.2 Å². The van der Waals surface area contributed by atoms with Gasteiger partial charge in [-0.3, -0.25) is 4.40 Å². The zero-order valence-electron chi connectivity index (χ0n) is 20.5. The zero-order chi connectivity index (χ0) is 26.6. The molecule has 4 heterocycles. The molecule has 12 heteroatoms. The van der Waals surface area contributed by atoms with E-state index in [1.54, 1.807) is 43.0 Å². The molecular weight excluding hydrogens is 495 g/mol. The maximum absolute atomic E-state index is 15.7. The molecule has 0 unspecified atom stereocenters. The average molecular weight is 518 g/mol. The normalized spacial score (nSPS) is 17.8. The van der Waals surface area contributed by atoms with Gasteiger partial charge in [-0.25, -0.2) is 27.8 Å². The van der Waals surface area contributed by atoms with Crippen molar-refractivity contribution in [2.24, 2.45) is 7.05 Å². The van der Waals surface area contributed by atoms with Crippen LogP contribution >= 0.6 is 0 Å². The monoisotopic (exact) mass is 517 g/mol. The topological polar surface area (TPSA) is 100.0 Å².